The number of piperazine rings is 1. The van der Waals surface area contributed by atoms with Gasteiger partial charge < -0.3 is 10.2 Å². The molecule has 5 heteroatoms. The molecular formula is C15H21F3N2. The van der Waals surface area contributed by atoms with E-state index in [1.165, 1.54) is 13.0 Å². The van der Waals surface area contributed by atoms with E-state index >= 15 is 0 Å². The summed E-state index contributed by atoms with van der Waals surface area (Å²) in [5.41, 5.74) is 0.354. The topological polar surface area (TPSA) is 15.3 Å². The SMILES string of the molecule is CCC1(C)CN(c2ccc(C)c(C(F)(F)F)c2)CCN1. The van der Waals surface area contributed by atoms with Gasteiger partial charge in [0.05, 0.1) is 5.56 Å². The normalized spacial score (nSPS) is 24.0. The maximum absolute atomic E-state index is 13.0. The fourth-order valence-electron chi connectivity index (χ4n) is 2.62. The molecule has 1 unspecified atom stereocenters. The zero-order valence-corrected chi connectivity index (χ0v) is 12.1. The van der Waals surface area contributed by atoms with Crippen molar-refractivity contribution in [2.24, 2.45) is 0 Å². The molecule has 1 saturated heterocycles. The third-order valence-corrected chi connectivity index (χ3v) is 4.15. The molecule has 0 spiro atoms. The number of aryl methyl sites for hydroxylation is 1. The molecule has 0 aliphatic carbocycles. The zero-order chi connectivity index (χ0) is 15.0. The standard InChI is InChI=1S/C15H21F3N2/c1-4-14(3)10-20(8-7-19-14)12-6-5-11(2)13(9-12)15(16,17)18/h5-6,9,19H,4,7-8,10H2,1-3H3. The summed E-state index contributed by atoms with van der Waals surface area (Å²) in [6.45, 7) is 7.95. The van der Waals surface area contributed by atoms with E-state index in [0.29, 0.717) is 5.69 Å². The van der Waals surface area contributed by atoms with Crippen molar-refractivity contribution in [1.29, 1.82) is 0 Å². The molecule has 0 saturated carbocycles. The van der Waals surface area contributed by atoms with Crippen LogP contribution in [0.2, 0.25) is 0 Å². The molecule has 0 radical (unpaired) electrons. The Bertz CT molecular complexity index is 484. The molecule has 2 nitrogen and oxygen atoms in total. The summed E-state index contributed by atoms with van der Waals surface area (Å²) in [5, 5.41) is 3.44. The van der Waals surface area contributed by atoms with Gasteiger partial charge in [-0.15, -0.1) is 0 Å². The second-order valence-corrected chi connectivity index (χ2v) is 5.76. The highest BCUT2D eigenvalue weighted by atomic mass is 19.4. The Balaban J connectivity index is 2.29. The summed E-state index contributed by atoms with van der Waals surface area (Å²) in [5.74, 6) is 0. The van der Waals surface area contributed by atoms with E-state index in [4.69, 9.17) is 0 Å². The van der Waals surface area contributed by atoms with Crippen molar-refractivity contribution in [3.63, 3.8) is 0 Å². The van der Waals surface area contributed by atoms with Crippen LogP contribution < -0.4 is 10.2 Å². The summed E-state index contributed by atoms with van der Waals surface area (Å²) < 4.78 is 38.9. The molecule has 1 aromatic rings. The first kappa shape index (κ1) is 15.2. The molecule has 1 fully saturated rings. The lowest BCUT2D eigenvalue weighted by Gasteiger charge is -2.42. The Labute approximate surface area is 118 Å². The number of nitrogens with one attached hydrogen (secondary N) is 1. The van der Waals surface area contributed by atoms with E-state index in [-0.39, 0.29) is 11.1 Å². The van der Waals surface area contributed by atoms with E-state index in [2.05, 4.69) is 19.2 Å². The van der Waals surface area contributed by atoms with Crippen molar-refractivity contribution in [1.82, 2.24) is 5.32 Å². The van der Waals surface area contributed by atoms with Crippen LogP contribution in [0.1, 0.15) is 31.4 Å². The Morgan fingerprint density at radius 3 is 2.65 bits per heavy atom. The lowest BCUT2D eigenvalue weighted by molar-refractivity contribution is -0.138. The van der Waals surface area contributed by atoms with Gasteiger partial charge in [-0.3, -0.25) is 0 Å². The first-order chi connectivity index (χ1) is 9.25. The fraction of sp³-hybridized carbons (Fsp3) is 0.600. The lowest BCUT2D eigenvalue weighted by atomic mass is 9.95. The minimum absolute atomic E-state index is 0.0401. The van der Waals surface area contributed by atoms with Crippen LogP contribution in [0.5, 0.6) is 0 Å². The molecule has 0 aromatic heterocycles. The van der Waals surface area contributed by atoms with E-state index < -0.39 is 11.7 Å². The van der Waals surface area contributed by atoms with Gasteiger partial charge in [-0.25, -0.2) is 0 Å². The summed E-state index contributed by atoms with van der Waals surface area (Å²) in [7, 11) is 0. The number of anilines is 1. The summed E-state index contributed by atoms with van der Waals surface area (Å²) in [6.07, 6.45) is -3.34. The van der Waals surface area contributed by atoms with E-state index in [9.17, 15) is 13.2 Å². The number of halogens is 3. The maximum atomic E-state index is 13.0. The van der Waals surface area contributed by atoms with Crippen molar-refractivity contribution < 1.29 is 13.2 Å². The van der Waals surface area contributed by atoms with Gasteiger partial charge in [0.15, 0.2) is 0 Å². The number of nitrogens with zero attached hydrogens (tertiary/aromatic N) is 1. The van der Waals surface area contributed by atoms with Gasteiger partial charge in [-0.1, -0.05) is 13.0 Å². The van der Waals surface area contributed by atoms with Crippen LogP contribution in [-0.2, 0) is 6.18 Å². The average molecular weight is 286 g/mol. The highest BCUT2D eigenvalue weighted by molar-refractivity contribution is 5.52. The molecule has 20 heavy (non-hydrogen) atoms. The van der Waals surface area contributed by atoms with Gasteiger partial charge in [0.2, 0.25) is 0 Å². The van der Waals surface area contributed by atoms with Crippen LogP contribution in [0.25, 0.3) is 0 Å². The van der Waals surface area contributed by atoms with Gasteiger partial charge >= 0.3 is 6.18 Å². The van der Waals surface area contributed by atoms with Gasteiger partial charge in [-0.2, -0.15) is 13.2 Å². The van der Waals surface area contributed by atoms with Crippen LogP contribution in [0, 0.1) is 6.92 Å². The quantitative estimate of drug-likeness (QED) is 0.893. The Morgan fingerprint density at radius 2 is 2.05 bits per heavy atom. The highest BCUT2D eigenvalue weighted by Crippen LogP contribution is 2.35. The van der Waals surface area contributed by atoms with Crippen LogP contribution in [0.15, 0.2) is 18.2 Å². The largest absolute Gasteiger partial charge is 0.416 e. The fourth-order valence-corrected chi connectivity index (χ4v) is 2.62. The summed E-state index contributed by atoms with van der Waals surface area (Å²) in [4.78, 5) is 2.04. The first-order valence-corrected chi connectivity index (χ1v) is 6.93. The average Bonchev–Trinajstić information content (AvgIpc) is 2.38. The molecule has 1 heterocycles. The van der Waals surface area contributed by atoms with Crippen LogP contribution in [0.3, 0.4) is 0 Å². The van der Waals surface area contributed by atoms with Crippen LogP contribution >= 0.6 is 0 Å². The maximum Gasteiger partial charge on any atom is 0.416 e. The Kier molecular flexibility index (Phi) is 4.00. The third-order valence-electron chi connectivity index (χ3n) is 4.15. The molecule has 1 N–H and O–H groups in total. The molecule has 2 rings (SSSR count). The van der Waals surface area contributed by atoms with Crippen molar-refractivity contribution in [3.05, 3.63) is 29.3 Å². The van der Waals surface area contributed by atoms with Gasteiger partial charge in [0, 0.05) is 30.9 Å². The van der Waals surface area contributed by atoms with Crippen LogP contribution in [-0.4, -0.2) is 25.2 Å². The van der Waals surface area contributed by atoms with Gasteiger partial charge in [0.25, 0.3) is 0 Å². The zero-order valence-electron chi connectivity index (χ0n) is 12.1. The summed E-state index contributed by atoms with van der Waals surface area (Å²) >= 11 is 0. The van der Waals surface area contributed by atoms with E-state index in [1.54, 1.807) is 12.1 Å². The molecule has 1 aliphatic rings. The molecular weight excluding hydrogens is 265 g/mol. The summed E-state index contributed by atoms with van der Waals surface area (Å²) in [6, 6.07) is 4.62. The molecule has 0 bridgehead atoms. The predicted octanol–water partition coefficient (Wildman–Crippen LogP) is 3.59. The minimum Gasteiger partial charge on any atom is -0.368 e. The molecule has 112 valence electrons. The van der Waals surface area contributed by atoms with Crippen molar-refractivity contribution >= 4 is 5.69 Å². The lowest BCUT2D eigenvalue weighted by Crippen LogP contribution is -2.58. The second kappa shape index (κ2) is 5.28. The molecule has 1 aromatic carbocycles. The smallest absolute Gasteiger partial charge is 0.368 e. The van der Waals surface area contributed by atoms with E-state index in [1.807, 2.05) is 4.90 Å². The van der Waals surface area contributed by atoms with E-state index in [0.717, 1.165) is 26.1 Å². The molecule has 1 atom stereocenters. The van der Waals surface area contributed by atoms with Crippen molar-refractivity contribution in [2.45, 2.75) is 38.9 Å². The first-order valence-electron chi connectivity index (χ1n) is 6.93. The predicted molar refractivity (Wildman–Crippen MR) is 75.1 cm³/mol. The third kappa shape index (κ3) is 3.08. The number of benzene rings is 1. The van der Waals surface area contributed by atoms with Crippen molar-refractivity contribution in [2.75, 3.05) is 24.5 Å². The Morgan fingerprint density at radius 1 is 1.35 bits per heavy atom. The minimum atomic E-state index is -4.29. The highest BCUT2D eigenvalue weighted by Gasteiger charge is 2.34. The number of rotatable bonds is 2. The number of alkyl halides is 3. The molecule has 0 amide bonds. The second-order valence-electron chi connectivity index (χ2n) is 5.76. The monoisotopic (exact) mass is 286 g/mol. The van der Waals surface area contributed by atoms with Crippen LogP contribution in [0.4, 0.5) is 18.9 Å². The Hall–Kier alpha value is -1.23. The number of hydrogen-bond donors (Lipinski definition) is 1. The number of hydrogen-bond acceptors (Lipinski definition) is 2. The van der Waals surface area contributed by atoms with Gasteiger partial charge in [-0.05, 0) is 38.0 Å². The van der Waals surface area contributed by atoms with Crippen molar-refractivity contribution in [3.8, 4) is 0 Å². The molecule has 1 aliphatic heterocycles. The van der Waals surface area contributed by atoms with Gasteiger partial charge in [0.1, 0.15) is 0 Å².